The molecule has 2 heterocycles. The molecule has 0 aliphatic carbocycles. The molecule has 7 nitrogen and oxygen atoms in total. The number of carbonyl (C=O) groups excluding carboxylic acids is 1. The van der Waals surface area contributed by atoms with Crippen LogP contribution in [0.2, 0.25) is 0 Å². The number of aryl methyl sites for hydroxylation is 1. The molecular formula is C21H18F2N4O3. The molecule has 1 atom stereocenters. The van der Waals surface area contributed by atoms with Gasteiger partial charge in [0.25, 0.3) is 5.56 Å². The Bertz CT molecular complexity index is 1310. The number of imidazole rings is 1. The Morgan fingerprint density at radius 1 is 1.07 bits per heavy atom. The molecule has 2 aromatic carbocycles. The first-order valence-corrected chi connectivity index (χ1v) is 9.27. The smallest absolute Gasteiger partial charge is 0.326 e. The molecule has 30 heavy (non-hydrogen) atoms. The van der Waals surface area contributed by atoms with Crippen LogP contribution in [0.4, 0.5) is 8.78 Å². The van der Waals surface area contributed by atoms with Gasteiger partial charge in [-0.1, -0.05) is 24.3 Å². The Balaban J connectivity index is 1.61. The molecule has 0 aliphatic rings. The van der Waals surface area contributed by atoms with Crippen LogP contribution in [0.3, 0.4) is 0 Å². The molecule has 2 aromatic heterocycles. The van der Waals surface area contributed by atoms with Crippen molar-refractivity contribution in [2.24, 2.45) is 0 Å². The van der Waals surface area contributed by atoms with Gasteiger partial charge in [-0.25, -0.2) is 9.97 Å². The van der Waals surface area contributed by atoms with Crippen LogP contribution < -0.4 is 5.56 Å². The van der Waals surface area contributed by atoms with Crippen molar-refractivity contribution in [2.45, 2.75) is 33.0 Å². The largest absolute Gasteiger partial charge is 0.453 e. The van der Waals surface area contributed by atoms with Gasteiger partial charge in [0, 0.05) is 0 Å². The highest BCUT2D eigenvalue weighted by molar-refractivity contribution is 5.78. The normalized spacial score (nSPS) is 12.6. The second-order valence-corrected chi connectivity index (χ2v) is 6.81. The number of rotatable bonds is 5. The molecular weight excluding hydrogens is 394 g/mol. The minimum absolute atomic E-state index is 0.0692. The van der Waals surface area contributed by atoms with Gasteiger partial charge in [-0.15, -0.1) is 0 Å². The van der Waals surface area contributed by atoms with Crippen LogP contribution in [0, 0.1) is 6.92 Å². The predicted octanol–water partition coefficient (Wildman–Crippen LogP) is 3.75. The maximum atomic E-state index is 13.6. The summed E-state index contributed by atoms with van der Waals surface area (Å²) < 4.78 is 34.5. The number of nitrogens with zero attached hydrogens (tertiary/aromatic N) is 4. The van der Waals surface area contributed by atoms with Crippen molar-refractivity contribution in [1.82, 2.24) is 19.1 Å². The van der Waals surface area contributed by atoms with Crippen LogP contribution in [-0.2, 0) is 16.1 Å². The zero-order valence-electron chi connectivity index (χ0n) is 16.3. The number of ether oxygens (including phenoxy) is 1. The monoisotopic (exact) mass is 412 g/mol. The van der Waals surface area contributed by atoms with Gasteiger partial charge in [0.15, 0.2) is 11.9 Å². The molecule has 154 valence electrons. The summed E-state index contributed by atoms with van der Waals surface area (Å²) in [6, 6.07) is 13.3. The van der Waals surface area contributed by atoms with Crippen molar-refractivity contribution in [3.8, 4) is 0 Å². The molecule has 0 N–H and O–H groups in total. The van der Waals surface area contributed by atoms with E-state index in [9.17, 15) is 18.4 Å². The lowest BCUT2D eigenvalue weighted by atomic mass is 10.2. The molecule has 0 amide bonds. The number of hydrogen-bond donors (Lipinski definition) is 0. The molecule has 0 saturated heterocycles. The Morgan fingerprint density at radius 2 is 1.73 bits per heavy atom. The predicted molar refractivity (Wildman–Crippen MR) is 106 cm³/mol. The maximum Gasteiger partial charge on any atom is 0.326 e. The number of fused-ring (bicyclic) bond motifs is 2. The highest BCUT2D eigenvalue weighted by Gasteiger charge is 2.24. The summed E-state index contributed by atoms with van der Waals surface area (Å²) in [6.07, 6.45) is -1.04. The summed E-state index contributed by atoms with van der Waals surface area (Å²) in [5, 5.41) is 0.378. The quantitative estimate of drug-likeness (QED) is 0.467. The Hall–Kier alpha value is -3.62. The molecule has 0 radical (unpaired) electrons. The van der Waals surface area contributed by atoms with Gasteiger partial charge in [-0.3, -0.25) is 18.7 Å². The van der Waals surface area contributed by atoms with Crippen molar-refractivity contribution in [3.05, 3.63) is 70.5 Å². The van der Waals surface area contributed by atoms with E-state index in [1.807, 2.05) is 0 Å². The Labute approximate surface area is 169 Å². The van der Waals surface area contributed by atoms with Crippen LogP contribution in [0.5, 0.6) is 0 Å². The third-order valence-electron chi connectivity index (χ3n) is 4.83. The summed E-state index contributed by atoms with van der Waals surface area (Å²) in [6.45, 7) is -0.155. The SMILES string of the molecule is Cc1nc2ccccc2c(=O)n1CC(=O)OC(C)c1nc2ccccc2n1C(F)F. The van der Waals surface area contributed by atoms with Crippen LogP contribution in [-0.4, -0.2) is 25.1 Å². The first kappa shape index (κ1) is 19.7. The molecule has 9 heteroatoms. The van der Waals surface area contributed by atoms with E-state index in [0.29, 0.717) is 22.2 Å². The lowest BCUT2D eigenvalue weighted by Gasteiger charge is -2.16. The second kappa shape index (κ2) is 7.66. The van der Waals surface area contributed by atoms with Crippen LogP contribution in [0.1, 0.15) is 31.2 Å². The fourth-order valence-electron chi connectivity index (χ4n) is 3.44. The van der Waals surface area contributed by atoms with Gasteiger partial charge < -0.3 is 4.74 Å². The summed E-state index contributed by atoms with van der Waals surface area (Å²) in [5.74, 6) is -0.471. The van der Waals surface area contributed by atoms with E-state index in [0.717, 1.165) is 4.57 Å². The van der Waals surface area contributed by atoms with Gasteiger partial charge in [0.1, 0.15) is 12.4 Å². The fraction of sp³-hybridized carbons (Fsp3) is 0.238. The zero-order chi connectivity index (χ0) is 21.4. The molecule has 0 bridgehead atoms. The van der Waals surface area contributed by atoms with Crippen LogP contribution >= 0.6 is 0 Å². The van der Waals surface area contributed by atoms with Crippen LogP contribution in [0.25, 0.3) is 21.9 Å². The summed E-state index contributed by atoms with van der Waals surface area (Å²) >= 11 is 0. The number of carbonyl (C=O) groups is 1. The van der Waals surface area contributed by atoms with Crippen molar-refractivity contribution >= 4 is 27.9 Å². The highest BCUT2D eigenvalue weighted by atomic mass is 19.3. The van der Waals surface area contributed by atoms with Crippen molar-refractivity contribution in [1.29, 1.82) is 0 Å². The van der Waals surface area contributed by atoms with Gasteiger partial charge in [-0.2, -0.15) is 8.78 Å². The average molecular weight is 412 g/mol. The van der Waals surface area contributed by atoms with E-state index in [1.165, 1.54) is 17.6 Å². The molecule has 4 aromatic rings. The number of esters is 1. The Kier molecular flexibility index (Phi) is 5.03. The average Bonchev–Trinajstić information content (AvgIpc) is 3.11. The molecule has 4 rings (SSSR count). The van der Waals surface area contributed by atoms with Crippen molar-refractivity contribution < 1.29 is 18.3 Å². The number of hydrogen-bond acceptors (Lipinski definition) is 5. The third-order valence-corrected chi connectivity index (χ3v) is 4.83. The molecule has 0 saturated carbocycles. The maximum absolute atomic E-state index is 13.6. The van der Waals surface area contributed by atoms with E-state index >= 15 is 0 Å². The highest BCUT2D eigenvalue weighted by Crippen LogP contribution is 2.28. The Morgan fingerprint density at radius 3 is 2.47 bits per heavy atom. The van der Waals surface area contributed by atoms with Crippen molar-refractivity contribution in [2.75, 3.05) is 0 Å². The fourth-order valence-corrected chi connectivity index (χ4v) is 3.44. The minimum atomic E-state index is -2.84. The van der Waals surface area contributed by atoms with Crippen molar-refractivity contribution in [3.63, 3.8) is 0 Å². The van der Waals surface area contributed by atoms with Gasteiger partial charge >= 0.3 is 12.5 Å². The van der Waals surface area contributed by atoms with E-state index in [-0.39, 0.29) is 23.4 Å². The number of benzene rings is 2. The number of aromatic nitrogens is 4. The first-order chi connectivity index (χ1) is 14.4. The lowest BCUT2D eigenvalue weighted by molar-refractivity contribution is -0.150. The van der Waals surface area contributed by atoms with Gasteiger partial charge in [0.2, 0.25) is 0 Å². The van der Waals surface area contributed by atoms with E-state index < -0.39 is 18.6 Å². The number of alkyl halides is 2. The van der Waals surface area contributed by atoms with Crippen LogP contribution in [0.15, 0.2) is 53.3 Å². The number of para-hydroxylation sites is 3. The molecule has 0 spiro atoms. The van der Waals surface area contributed by atoms with E-state index in [2.05, 4.69) is 9.97 Å². The third kappa shape index (κ3) is 3.42. The summed E-state index contributed by atoms with van der Waals surface area (Å²) in [4.78, 5) is 33.7. The standard InChI is InChI=1S/C21H18F2N4O3/c1-12(19-25-16-9-5-6-10-17(16)27(19)21(22)23)30-18(28)11-26-13(2)24-15-8-4-3-7-14(15)20(26)29/h3-10,12,21H,11H2,1-2H3. The van der Waals surface area contributed by atoms with Gasteiger partial charge in [0.05, 0.1) is 21.9 Å². The second-order valence-electron chi connectivity index (χ2n) is 6.81. The summed E-state index contributed by atoms with van der Waals surface area (Å²) in [7, 11) is 0. The van der Waals surface area contributed by atoms with E-state index in [4.69, 9.17) is 4.74 Å². The zero-order valence-corrected chi connectivity index (χ0v) is 16.3. The molecule has 0 fully saturated rings. The first-order valence-electron chi connectivity index (χ1n) is 9.27. The molecule has 0 aliphatic heterocycles. The number of halogens is 2. The minimum Gasteiger partial charge on any atom is -0.453 e. The lowest BCUT2D eigenvalue weighted by Crippen LogP contribution is -2.29. The van der Waals surface area contributed by atoms with E-state index in [1.54, 1.807) is 49.4 Å². The van der Waals surface area contributed by atoms with Gasteiger partial charge in [-0.05, 0) is 38.1 Å². The summed E-state index contributed by atoms with van der Waals surface area (Å²) in [5.41, 5.74) is 0.781. The topological polar surface area (TPSA) is 79.0 Å². The molecule has 1 unspecified atom stereocenters.